The van der Waals surface area contributed by atoms with Crippen molar-refractivity contribution in [2.45, 2.75) is 86.7 Å². The van der Waals surface area contributed by atoms with E-state index in [2.05, 4.69) is 28.8 Å². The highest BCUT2D eigenvalue weighted by molar-refractivity contribution is 7.91. The molecule has 3 N–H and O–H groups in total. The number of hydrogen-bond donors (Lipinski definition) is 3. The van der Waals surface area contributed by atoms with E-state index in [0.29, 0.717) is 11.1 Å². The number of sulfonamides is 1. The van der Waals surface area contributed by atoms with Crippen LogP contribution in [0.1, 0.15) is 46.5 Å². The molecule has 284 valence electrons. The number of ether oxygens (including phenoxy) is 3. The summed E-state index contributed by atoms with van der Waals surface area (Å²) in [6.45, 7) is 8.69. The van der Waals surface area contributed by atoms with Gasteiger partial charge in [-0.3, -0.25) is 19.1 Å². The molecule has 52 heavy (non-hydrogen) atoms. The Bertz CT molecular complexity index is 1890. The minimum atomic E-state index is -4.76. The lowest BCUT2D eigenvalue weighted by atomic mass is 10.1. The van der Waals surface area contributed by atoms with Crippen LogP contribution < -0.4 is 24.8 Å². The average molecular weight is 756 g/mol. The summed E-state index contributed by atoms with van der Waals surface area (Å²) in [6, 6.07) is 4.38. The molecule has 1 aliphatic heterocycles. The molecule has 2 saturated carbocycles. The third kappa shape index (κ3) is 7.34. The predicted molar refractivity (Wildman–Crippen MR) is 180 cm³/mol. The van der Waals surface area contributed by atoms with E-state index in [1.165, 1.54) is 26.3 Å². The number of halogens is 4. The quantitative estimate of drug-likeness (QED) is 0.139. The zero-order valence-corrected chi connectivity index (χ0v) is 29.8. The molecule has 5 atom stereocenters. The van der Waals surface area contributed by atoms with Crippen LogP contribution in [0, 0.1) is 5.92 Å². The third-order valence-electron chi connectivity index (χ3n) is 9.77. The van der Waals surface area contributed by atoms with Gasteiger partial charge in [0.2, 0.25) is 27.7 Å². The Morgan fingerprint density at radius 2 is 1.88 bits per heavy atom. The molecule has 18 heteroatoms. The minimum Gasteiger partial charge on any atom is -0.497 e. The molecule has 0 unspecified atom stereocenters. The number of benzene rings is 1. The summed E-state index contributed by atoms with van der Waals surface area (Å²) in [5.41, 5.74) is -4.39. The molecule has 2 heterocycles. The number of methoxy groups -OCH3 is 1. The van der Waals surface area contributed by atoms with E-state index >= 15 is 0 Å². The van der Waals surface area contributed by atoms with Gasteiger partial charge in [-0.1, -0.05) is 6.08 Å². The number of nitrogens with zero attached hydrogens (tertiary/aromatic N) is 2. The van der Waals surface area contributed by atoms with Crippen LogP contribution in [-0.4, -0.2) is 96.6 Å². The van der Waals surface area contributed by atoms with Crippen molar-refractivity contribution in [3.63, 3.8) is 0 Å². The Labute approximate surface area is 298 Å². The Hall–Kier alpha value is -4.61. The van der Waals surface area contributed by atoms with Gasteiger partial charge >= 0.3 is 6.18 Å². The van der Waals surface area contributed by atoms with Crippen molar-refractivity contribution in [3.8, 4) is 11.6 Å². The Morgan fingerprint density at radius 3 is 2.46 bits per heavy atom. The average Bonchev–Trinajstić information content (AvgIpc) is 3.98. The molecule has 0 bridgehead atoms. The van der Waals surface area contributed by atoms with E-state index < -0.39 is 86.5 Å². The lowest BCUT2D eigenvalue weighted by Gasteiger charge is -2.32. The molecule has 1 aromatic heterocycles. The Balaban J connectivity index is 1.39. The molecule has 1 aromatic carbocycles. The summed E-state index contributed by atoms with van der Waals surface area (Å²) in [7, 11) is -2.90. The van der Waals surface area contributed by atoms with E-state index in [4.69, 9.17) is 14.2 Å². The first-order valence-corrected chi connectivity index (χ1v) is 17.9. The zero-order chi connectivity index (χ0) is 38.4. The first-order valence-electron chi connectivity index (χ1n) is 16.4. The fourth-order valence-corrected chi connectivity index (χ4v) is 7.53. The standard InChI is InChI=1S/C34H41F4N5O8S/c1-7-22-16-33(22,30(46)42-52(47,48)32(18-35)11-12-32)41-27(44)26-15-24(50-28-25-9-8-23(49-6)14-21(25)10-13-39-28)17-43(26)29(45)19(2)40-20(3)51-31(4,5)34(36,37)38/h7-10,13-14,19,22,24,26,40H,1,3,11-12,15-18H2,2,4-6H3,(H,41,44)(H,42,46)/t19-,22+,24+,26-,33+/m0/s1. The van der Waals surface area contributed by atoms with E-state index in [1.54, 1.807) is 24.3 Å². The van der Waals surface area contributed by atoms with Crippen molar-refractivity contribution in [1.29, 1.82) is 0 Å². The van der Waals surface area contributed by atoms with Crippen molar-refractivity contribution in [3.05, 3.63) is 55.6 Å². The molecule has 1 saturated heterocycles. The lowest BCUT2D eigenvalue weighted by molar-refractivity contribution is -0.253. The van der Waals surface area contributed by atoms with E-state index in [-0.39, 0.29) is 38.1 Å². The molecule has 2 aromatic rings. The van der Waals surface area contributed by atoms with Gasteiger partial charge < -0.3 is 29.7 Å². The molecule has 0 radical (unpaired) electrons. The topological polar surface area (TPSA) is 165 Å². The van der Waals surface area contributed by atoms with Crippen LogP contribution in [0.3, 0.4) is 0 Å². The highest BCUT2D eigenvalue weighted by Gasteiger charge is 2.64. The number of amides is 3. The van der Waals surface area contributed by atoms with Crippen molar-refractivity contribution < 1.29 is 54.6 Å². The summed E-state index contributed by atoms with van der Waals surface area (Å²) in [5.74, 6) is -3.09. The van der Waals surface area contributed by atoms with Crippen LogP contribution in [0.5, 0.6) is 11.6 Å². The van der Waals surface area contributed by atoms with Gasteiger partial charge in [0.15, 0.2) is 11.5 Å². The second kappa shape index (κ2) is 13.7. The molecular formula is C34H41F4N5O8S. The highest BCUT2D eigenvalue weighted by Crippen LogP contribution is 2.47. The maximum absolute atomic E-state index is 14.0. The van der Waals surface area contributed by atoms with Crippen molar-refractivity contribution in [2.75, 3.05) is 20.3 Å². The van der Waals surface area contributed by atoms with Gasteiger partial charge in [-0.05, 0) is 76.3 Å². The van der Waals surface area contributed by atoms with Crippen LogP contribution in [0.4, 0.5) is 17.6 Å². The molecule has 0 spiro atoms. The van der Waals surface area contributed by atoms with E-state index in [9.17, 15) is 40.4 Å². The molecule has 13 nitrogen and oxygen atoms in total. The highest BCUT2D eigenvalue weighted by atomic mass is 32.2. The number of carbonyl (C=O) groups excluding carboxylic acids is 3. The van der Waals surface area contributed by atoms with Gasteiger partial charge in [0.25, 0.3) is 5.91 Å². The summed E-state index contributed by atoms with van der Waals surface area (Å²) in [4.78, 5) is 46.8. The summed E-state index contributed by atoms with van der Waals surface area (Å²) in [5, 5.41) is 6.46. The first-order chi connectivity index (χ1) is 24.2. The SMILES string of the molecule is C=C[C@@H]1C[C@]1(NC(=O)[C@@H]1C[C@@H](Oc2nccc3cc(OC)ccc23)CN1C(=O)[C@H](C)NC(=C)OC(C)(C)C(F)(F)F)C(=O)NS(=O)(=O)C1(CF)CC1. The van der Waals surface area contributed by atoms with Gasteiger partial charge in [-0.15, -0.1) is 6.58 Å². The molecule has 5 rings (SSSR count). The zero-order valence-electron chi connectivity index (χ0n) is 29.0. The molecule has 3 amide bonds. The van der Waals surface area contributed by atoms with Crippen molar-refractivity contribution >= 4 is 38.5 Å². The number of alkyl halides is 4. The predicted octanol–water partition coefficient (Wildman–Crippen LogP) is 3.41. The third-order valence-corrected chi connectivity index (χ3v) is 11.9. The maximum Gasteiger partial charge on any atom is 0.427 e. The number of pyridine rings is 1. The number of nitrogens with one attached hydrogen (secondary N) is 3. The Kier molecular flexibility index (Phi) is 10.2. The molecule has 3 aliphatic rings. The van der Waals surface area contributed by atoms with Gasteiger partial charge in [0, 0.05) is 23.9 Å². The Morgan fingerprint density at radius 1 is 1.19 bits per heavy atom. The lowest BCUT2D eigenvalue weighted by Crippen LogP contribution is -2.58. The molecule has 3 fully saturated rings. The van der Waals surface area contributed by atoms with Crippen molar-refractivity contribution in [1.82, 2.24) is 25.2 Å². The fraction of sp³-hybridized carbons (Fsp3) is 0.529. The summed E-state index contributed by atoms with van der Waals surface area (Å²) >= 11 is 0. The smallest absolute Gasteiger partial charge is 0.427 e. The second-order valence-electron chi connectivity index (χ2n) is 13.8. The van der Waals surface area contributed by atoms with Crippen LogP contribution in [0.2, 0.25) is 0 Å². The summed E-state index contributed by atoms with van der Waals surface area (Å²) < 4.78 is 96.4. The maximum atomic E-state index is 14.0. The molecular weight excluding hydrogens is 714 g/mol. The van der Waals surface area contributed by atoms with Gasteiger partial charge in [0.1, 0.15) is 40.9 Å². The number of aromatic nitrogens is 1. The largest absolute Gasteiger partial charge is 0.497 e. The fourth-order valence-electron chi connectivity index (χ4n) is 6.10. The van der Waals surface area contributed by atoms with E-state index in [1.807, 2.05) is 4.72 Å². The van der Waals surface area contributed by atoms with Crippen LogP contribution in [0.15, 0.2) is 55.6 Å². The number of hydrogen-bond acceptors (Lipinski definition) is 10. The molecule has 2 aliphatic carbocycles. The number of carbonyl (C=O) groups is 3. The number of likely N-dealkylation sites (tertiary alicyclic amines) is 1. The number of rotatable bonds is 15. The van der Waals surface area contributed by atoms with E-state index in [0.717, 1.165) is 24.1 Å². The minimum absolute atomic E-state index is 0.0136. The van der Waals surface area contributed by atoms with Crippen LogP contribution in [-0.2, 0) is 29.1 Å². The van der Waals surface area contributed by atoms with Crippen LogP contribution in [0.25, 0.3) is 10.8 Å². The normalized spacial score (nSPS) is 24.3. The van der Waals surface area contributed by atoms with Gasteiger partial charge in [-0.2, -0.15) is 13.2 Å². The first kappa shape index (κ1) is 38.6. The monoisotopic (exact) mass is 755 g/mol. The van der Waals surface area contributed by atoms with Crippen molar-refractivity contribution in [2.24, 2.45) is 5.92 Å². The summed E-state index contributed by atoms with van der Waals surface area (Å²) in [6.07, 6.45) is -2.77. The second-order valence-corrected chi connectivity index (χ2v) is 15.9. The van der Waals surface area contributed by atoms with Crippen LogP contribution >= 0.6 is 0 Å². The van der Waals surface area contributed by atoms with Gasteiger partial charge in [0.05, 0.1) is 13.7 Å². The van der Waals surface area contributed by atoms with Gasteiger partial charge in [-0.25, -0.2) is 17.8 Å². The number of fused-ring (bicyclic) bond motifs is 1.